The summed E-state index contributed by atoms with van der Waals surface area (Å²) in [6.45, 7) is 4.65. The SMILES string of the molecule is CC1(C)CCC(Nc2cccc(Br)c2C(N)=S)C1. The Hall–Kier alpha value is -0.610. The Morgan fingerprint density at radius 3 is 2.78 bits per heavy atom. The van der Waals surface area contributed by atoms with E-state index in [4.69, 9.17) is 18.0 Å². The minimum atomic E-state index is 0.433. The normalized spacial score (nSPS) is 21.8. The minimum Gasteiger partial charge on any atom is -0.389 e. The molecule has 0 radical (unpaired) electrons. The van der Waals surface area contributed by atoms with Gasteiger partial charge in [-0.2, -0.15) is 0 Å². The molecule has 1 aliphatic rings. The summed E-state index contributed by atoms with van der Waals surface area (Å²) in [5.74, 6) is 0. The van der Waals surface area contributed by atoms with Gasteiger partial charge in [-0.05, 0) is 52.7 Å². The van der Waals surface area contributed by atoms with Crippen molar-refractivity contribution in [2.45, 2.75) is 39.2 Å². The van der Waals surface area contributed by atoms with Gasteiger partial charge in [-0.15, -0.1) is 0 Å². The van der Waals surface area contributed by atoms with Crippen molar-refractivity contribution in [3.8, 4) is 0 Å². The largest absolute Gasteiger partial charge is 0.389 e. The van der Waals surface area contributed by atoms with Crippen LogP contribution in [0.2, 0.25) is 0 Å². The monoisotopic (exact) mass is 326 g/mol. The maximum atomic E-state index is 5.80. The van der Waals surface area contributed by atoms with Crippen LogP contribution in [0.25, 0.3) is 0 Å². The number of halogens is 1. The molecule has 0 aliphatic heterocycles. The van der Waals surface area contributed by atoms with Gasteiger partial charge in [-0.25, -0.2) is 0 Å². The van der Waals surface area contributed by atoms with E-state index in [2.05, 4.69) is 35.1 Å². The number of nitrogens with one attached hydrogen (secondary N) is 1. The minimum absolute atomic E-state index is 0.433. The van der Waals surface area contributed by atoms with Crippen molar-refractivity contribution < 1.29 is 0 Å². The van der Waals surface area contributed by atoms with Gasteiger partial charge in [0.1, 0.15) is 4.99 Å². The molecule has 0 aromatic heterocycles. The molecule has 0 bridgehead atoms. The molecule has 18 heavy (non-hydrogen) atoms. The first-order chi connectivity index (χ1) is 8.39. The molecule has 2 rings (SSSR count). The van der Waals surface area contributed by atoms with Crippen LogP contribution in [0.1, 0.15) is 38.7 Å². The molecule has 1 atom stereocenters. The van der Waals surface area contributed by atoms with Crippen LogP contribution in [0.5, 0.6) is 0 Å². The Kier molecular flexibility index (Phi) is 3.97. The van der Waals surface area contributed by atoms with Crippen LogP contribution in [0.4, 0.5) is 5.69 Å². The van der Waals surface area contributed by atoms with Crippen molar-refractivity contribution in [2.24, 2.45) is 11.1 Å². The van der Waals surface area contributed by atoms with E-state index in [1.54, 1.807) is 0 Å². The van der Waals surface area contributed by atoms with Gasteiger partial charge in [-0.1, -0.05) is 32.1 Å². The fourth-order valence-corrected chi connectivity index (χ4v) is 3.60. The first-order valence-corrected chi connectivity index (χ1v) is 7.44. The summed E-state index contributed by atoms with van der Waals surface area (Å²) in [4.78, 5) is 0.433. The average molecular weight is 327 g/mol. The summed E-state index contributed by atoms with van der Waals surface area (Å²) in [5, 5.41) is 3.59. The first-order valence-electron chi connectivity index (χ1n) is 6.24. The fraction of sp³-hybridized carbons (Fsp3) is 0.500. The van der Waals surface area contributed by atoms with Crippen LogP contribution >= 0.6 is 28.1 Å². The van der Waals surface area contributed by atoms with Crippen molar-refractivity contribution >= 4 is 38.8 Å². The number of rotatable bonds is 3. The van der Waals surface area contributed by atoms with Crippen molar-refractivity contribution in [1.29, 1.82) is 0 Å². The lowest BCUT2D eigenvalue weighted by atomic mass is 9.92. The zero-order valence-corrected chi connectivity index (χ0v) is 13.2. The number of nitrogens with two attached hydrogens (primary N) is 1. The molecule has 1 aromatic rings. The summed E-state index contributed by atoms with van der Waals surface area (Å²) >= 11 is 8.64. The Balaban J connectivity index is 2.20. The van der Waals surface area contributed by atoms with Gasteiger partial charge < -0.3 is 11.1 Å². The van der Waals surface area contributed by atoms with Crippen LogP contribution in [-0.4, -0.2) is 11.0 Å². The Labute approximate surface area is 122 Å². The van der Waals surface area contributed by atoms with E-state index in [0.717, 1.165) is 15.7 Å². The highest BCUT2D eigenvalue weighted by Gasteiger charge is 2.31. The van der Waals surface area contributed by atoms with Crippen LogP contribution in [0, 0.1) is 5.41 Å². The lowest BCUT2D eigenvalue weighted by Gasteiger charge is -2.20. The molecule has 1 fully saturated rings. The zero-order valence-electron chi connectivity index (χ0n) is 10.8. The van der Waals surface area contributed by atoms with Crippen molar-refractivity contribution in [2.75, 3.05) is 5.32 Å². The maximum absolute atomic E-state index is 5.80. The highest BCUT2D eigenvalue weighted by molar-refractivity contribution is 9.10. The maximum Gasteiger partial charge on any atom is 0.107 e. The predicted molar refractivity (Wildman–Crippen MR) is 85.1 cm³/mol. The Morgan fingerprint density at radius 1 is 1.50 bits per heavy atom. The van der Waals surface area contributed by atoms with Gasteiger partial charge in [0.15, 0.2) is 0 Å². The summed E-state index contributed by atoms with van der Waals surface area (Å²) in [6.07, 6.45) is 3.66. The van der Waals surface area contributed by atoms with Crippen molar-refractivity contribution in [3.63, 3.8) is 0 Å². The Bertz CT molecular complexity index is 471. The lowest BCUT2D eigenvalue weighted by molar-refractivity contribution is 0.378. The Morgan fingerprint density at radius 2 is 2.22 bits per heavy atom. The van der Waals surface area contributed by atoms with Crippen LogP contribution < -0.4 is 11.1 Å². The predicted octanol–water partition coefficient (Wildman–Crippen LogP) is 4.07. The summed E-state index contributed by atoms with van der Waals surface area (Å²) < 4.78 is 0.956. The topological polar surface area (TPSA) is 38.0 Å². The van der Waals surface area contributed by atoms with E-state index < -0.39 is 0 Å². The molecule has 1 unspecified atom stereocenters. The standard InChI is InChI=1S/C14H19BrN2S/c1-14(2)7-6-9(8-14)17-11-5-3-4-10(15)12(11)13(16)18/h3-5,9,17H,6-8H2,1-2H3,(H2,16,18). The van der Waals surface area contributed by atoms with E-state index in [0.29, 0.717) is 16.4 Å². The second kappa shape index (κ2) is 5.17. The molecule has 2 nitrogen and oxygen atoms in total. The number of hydrogen-bond donors (Lipinski definition) is 2. The third-order valence-corrected chi connectivity index (χ3v) is 4.45. The highest BCUT2D eigenvalue weighted by Crippen LogP contribution is 2.39. The fourth-order valence-electron chi connectivity index (χ4n) is 2.67. The summed E-state index contributed by atoms with van der Waals surface area (Å²) in [5.41, 5.74) is 8.20. The second-order valence-electron chi connectivity index (χ2n) is 5.77. The van der Waals surface area contributed by atoms with E-state index >= 15 is 0 Å². The molecular weight excluding hydrogens is 308 g/mol. The molecule has 98 valence electrons. The highest BCUT2D eigenvalue weighted by atomic mass is 79.9. The summed E-state index contributed by atoms with van der Waals surface area (Å²) in [6, 6.07) is 6.54. The zero-order chi connectivity index (χ0) is 13.3. The molecule has 1 saturated carbocycles. The molecule has 1 aromatic carbocycles. The smallest absolute Gasteiger partial charge is 0.107 e. The molecule has 0 heterocycles. The third kappa shape index (κ3) is 3.04. The average Bonchev–Trinajstić information content (AvgIpc) is 2.57. The van der Waals surface area contributed by atoms with Crippen LogP contribution in [-0.2, 0) is 0 Å². The molecule has 4 heteroatoms. The molecule has 3 N–H and O–H groups in total. The second-order valence-corrected chi connectivity index (χ2v) is 7.07. The molecule has 0 spiro atoms. The van der Waals surface area contributed by atoms with E-state index in [1.807, 2.05) is 18.2 Å². The van der Waals surface area contributed by atoms with Crippen molar-refractivity contribution in [1.82, 2.24) is 0 Å². The number of benzene rings is 1. The number of thiocarbonyl (C=S) groups is 1. The molecule has 0 amide bonds. The summed E-state index contributed by atoms with van der Waals surface area (Å²) in [7, 11) is 0. The molecular formula is C14H19BrN2S. The van der Waals surface area contributed by atoms with E-state index in [1.165, 1.54) is 19.3 Å². The molecule has 1 aliphatic carbocycles. The van der Waals surface area contributed by atoms with Gasteiger partial charge in [0, 0.05) is 21.8 Å². The number of hydrogen-bond acceptors (Lipinski definition) is 2. The van der Waals surface area contributed by atoms with Gasteiger partial charge in [0.25, 0.3) is 0 Å². The van der Waals surface area contributed by atoms with E-state index in [-0.39, 0.29) is 0 Å². The third-order valence-electron chi connectivity index (χ3n) is 3.59. The molecule has 0 saturated heterocycles. The van der Waals surface area contributed by atoms with Gasteiger partial charge >= 0.3 is 0 Å². The van der Waals surface area contributed by atoms with Gasteiger partial charge in [-0.3, -0.25) is 0 Å². The van der Waals surface area contributed by atoms with Crippen LogP contribution in [0.15, 0.2) is 22.7 Å². The van der Waals surface area contributed by atoms with Gasteiger partial charge in [0.05, 0.1) is 0 Å². The lowest BCUT2D eigenvalue weighted by Crippen LogP contribution is -2.21. The van der Waals surface area contributed by atoms with Gasteiger partial charge in [0.2, 0.25) is 0 Å². The van der Waals surface area contributed by atoms with Crippen molar-refractivity contribution in [3.05, 3.63) is 28.2 Å². The van der Waals surface area contributed by atoms with E-state index in [9.17, 15) is 0 Å². The number of anilines is 1. The first kappa shape index (κ1) is 13.8. The quantitative estimate of drug-likeness (QED) is 0.822. The van der Waals surface area contributed by atoms with Crippen LogP contribution in [0.3, 0.4) is 0 Å².